The Hall–Kier alpha value is -2.11. The van der Waals surface area contributed by atoms with E-state index in [0.29, 0.717) is 17.0 Å². The van der Waals surface area contributed by atoms with E-state index in [9.17, 15) is 10.1 Å². The van der Waals surface area contributed by atoms with Gasteiger partial charge in [0, 0.05) is 13.1 Å². The van der Waals surface area contributed by atoms with Gasteiger partial charge in [-0.15, -0.1) is 0 Å². The van der Waals surface area contributed by atoms with E-state index in [2.05, 4.69) is 15.3 Å². The second-order valence-electron chi connectivity index (χ2n) is 2.77. The SMILES string of the molecule is CNc1nc2c([N+](=O)[O-])cccc2[nH]1. The fourth-order valence-corrected chi connectivity index (χ4v) is 1.28. The zero-order chi connectivity index (χ0) is 10.1. The van der Waals surface area contributed by atoms with Crippen LogP contribution in [-0.4, -0.2) is 21.9 Å². The van der Waals surface area contributed by atoms with Gasteiger partial charge in [0.05, 0.1) is 10.4 Å². The molecule has 6 nitrogen and oxygen atoms in total. The first-order valence-electron chi connectivity index (χ1n) is 4.03. The lowest BCUT2D eigenvalue weighted by Gasteiger charge is -1.90. The van der Waals surface area contributed by atoms with Crippen molar-refractivity contribution in [3.63, 3.8) is 0 Å². The molecule has 1 aromatic heterocycles. The number of H-pyrrole nitrogens is 1. The summed E-state index contributed by atoms with van der Waals surface area (Å²) >= 11 is 0. The molecule has 0 bridgehead atoms. The van der Waals surface area contributed by atoms with Crippen molar-refractivity contribution >= 4 is 22.7 Å². The minimum atomic E-state index is -0.442. The number of aromatic amines is 1. The minimum absolute atomic E-state index is 0.0141. The maximum atomic E-state index is 10.6. The van der Waals surface area contributed by atoms with Crippen LogP contribution in [0, 0.1) is 10.1 Å². The predicted octanol–water partition coefficient (Wildman–Crippen LogP) is 1.51. The second kappa shape index (κ2) is 2.99. The van der Waals surface area contributed by atoms with E-state index in [1.54, 1.807) is 19.2 Å². The number of aromatic nitrogens is 2. The highest BCUT2D eigenvalue weighted by Gasteiger charge is 2.14. The van der Waals surface area contributed by atoms with Gasteiger partial charge in [0.2, 0.25) is 5.95 Å². The van der Waals surface area contributed by atoms with Gasteiger partial charge in [0.15, 0.2) is 5.52 Å². The van der Waals surface area contributed by atoms with E-state index in [-0.39, 0.29) is 5.69 Å². The van der Waals surface area contributed by atoms with E-state index in [0.717, 1.165) is 0 Å². The third-order valence-corrected chi connectivity index (χ3v) is 1.92. The molecule has 0 radical (unpaired) electrons. The molecule has 14 heavy (non-hydrogen) atoms. The van der Waals surface area contributed by atoms with Crippen molar-refractivity contribution in [1.82, 2.24) is 9.97 Å². The number of fused-ring (bicyclic) bond motifs is 1. The Kier molecular flexibility index (Phi) is 1.81. The van der Waals surface area contributed by atoms with E-state index in [1.807, 2.05) is 0 Å². The fourth-order valence-electron chi connectivity index (χ4n) is 1.28. The van der Waals surface area contributed by atoms with Gasteiger partial charge in [-0.2, -0.15) is 0 Å². The maximum Gasteiger partial charge on any atom is 0.297 e. The number of nitrogens with one attached hydrogen (secondary N) is 2. The van der Waals surface area contributed by atoms with Crippen LogP contribution >= 0.6 is 0 Å². The van der Waals surface area contributed by atoms with Crippen LogP contribution in [0.3, 0.4) is 0 Å². The number of non-ortho nitro benzene ring substituents is 1. The smallest absolute Gasteiger partial charge is 0.297 e. The Labute approximate surface area is 79.1 Å². The van der Waals surface area contributed by atoms with Gasteiger partial charge in [-0.3, -0.25) is 10.1 Å². The third kappa shape index (κ3) is 1.17. The second-order valence-corrected chi connectivity index (χ2v) is 2.77. The topological polar surface area (TPSA) is 83.8 Å². The first-order chi connectivity index (χ1) is 6.72. The van der Waals surface area contributed by atoms with Crippen LogP contribution in [0.5, 0.6) is 0 Å². The van der Waals surface area contributed by atoms with Crippen LogP contribution in [0.4, 0.5) is 11.6 Å². The number of benzene rings is 1. The number of nitro groups is 1. The van der Waals surface area contributed by atoms with Gasteiger partial charge >= 0.3 is 0 Å². The van der Waals surface area contributed by atoms with Gasteiger partial charge < -0.3 is 10.3 Å². The first kappa shape index (κ1) is 8.49. The van der Waals surface area contributed by atoms with Gasteiger partial charge in [-0.05, 0) is 6.07 Å². The normalized spacial score (nSPS) is 10.4. The number of rotatable bonds is 2. The highest BCUT2D eigenvalue weighted by Crippen LogP contribution is 2.24. The van der Waals surface area contributed by atoms with E-state index >= 15 is 0 Å². The van der Waals surface area contributed by atoms with Crippen LogP contribution in [0.2, 0.25) is 0 Å². The average Bonchev–Trinajstić information content (AvgIpc) is 2.59. The molecule has 72 valence electrons. The third-order valence-electron chi connectivity index (χ3n) is 1.92. The molecule has 0 aliphatic rings. The quantitative estimate of drug-likeness (QED) is 0.558. The summed E-state index contributed by atoms with van der Waals surface area (Å²) in [6, 6.07) is 4.80. The zero-order valence-corrected chi connectivity index (χ0v) is 7.44. The minimum Gasteiger partial charge on any atom is -0.359 e. The van der Waals surface area contributed by atoms with Gasteiger partial charge in [0.1, 0.15) is 0 Å². The molecule has 0 fully saturated rings. The number of para-hydroxylation sites is 1. The van der Waals surface area contributed by atoms with E-state index in [4.69, 9.17) is 0 Å². The van der Waals surface area contributed by atoms with Crippen LogP contribution in [0.1, 0.15) is 0 Å². The molecular weight excluding hydrogens is 184 g/mol. The zero-order valence-electron chi connectivity index (χ0n) is 7.44. The molecule has 0 saturated carbocycles. The molecule has 0 amide bonds. The number of imidazole rings is 1. The molecule has 6 heteroatoms. The summed E-state index contributed by atoms with van der Waals surface area (Å²) in [6.07, 6.45) is 0. The average molecular weight is 192 g/mol. The van der Waals surface area contributed by atoms with Gasteiger partial charge in [-0.25, -0.2) is 4.98 Å². The molecule has 2 aromatic rings. The van der Waals surface area contributed by atoms with Crippen molar-refractivity contribution in [2.24, 2.45) is 0 Å². The van der Waals surface area contributed by atoms with Crippen molar-refractivity contribution in [3.8, 4) is 0 Å². The van der Waals surface area contributed by atoms with Crippen molar-refractivity contribution < 1.29 is 4.92 Å². The van der Waals surface area contributed by atoms with E-state index < -0.39 is 4.92 Å². The molecule has 2 rings (SSSR count). The van der Waals surface area contributed by atoms with Crippen LogP contribution < -0.4 is 5.32 Å². The number of anilines is 1. The highest BCUT2D eigenvalue weighted by atomic mass is 16.6. The summed E-state index contributed by atoms with van der Waals surface area (Å²) in [5, 5.41) is 13.4. The molecule has 1 aromatic carbocycles. The summed E-state index contributed by atoms with van der Waals surface area (Å²) in [5.41, 5.74) is 1.05. The lowest BCUT2D eigenvalue weighted by Crippen LogP contribution is -1.90. The Morgan fingerprint density at radius 3 is 3.00 bits per heavy atom. The molecule has 0 saturated heterocycles. The number of nitrogens with zero attached hydrogens (tertiary/aromatic N) is 2. The number of nitro benzene ring substituents is 1. The summed E-state index contributed by atoms with van der Waals surface area (Å²) < 4.78 is 0. The molecule has 0 atom stereocenters. The monoisotopic (exact) mass is 192 g/mol. The molecule has 1 heterocycles. The standard InChI is InChI=1S/C8H8N4O2/c1-9-8-10-5-3-2-4-6(12(13)14)7(5)11-8/h2-4H,1H3,(H2,9,10,11). The van der Waals surface area contributed by atoms with Crippen molar-refractivity contribution in [2.75, 3.05) is 12.4 Å². The molecular formula is C8H8N4O2. The van der Waals surface area contributed by atoms with E-state index in [1.165, 1.54) is 6.07 Å². The largest absolute Gasteiger partial charge is 0.359 e. The summed E-state index contributed by atoms with van der Waals surface area (Å²) in [7, 11) is 1.70. The predicted molar refractivity (Wildman–Crippen MR) is 52.3 cm³/mol. The van der Waals surface area contributed by atoms with Crippen molar-refractivity contribution in [3.05, 3.63) is 28.3 Å². The summed E-state index contributed by atoms with van der Waals surface area (Å²) in [6.45, 7) is 0. The Morgan fingerprint density at radius 1 is 1.57 bits per heavy atom. The van der Waals surface area contributed by atoms with Crippen LogP contribution in [-0.2, 0) is 0 Å². The molecule has 2 N–H and O–H groups in total. The lowest BCUT2D eigenvalue weighted by atomic mass is 10.3. The Balaban J connectivity index is 2.73. The number of hydrogen-bond acceptors (Lipinski definition) is 4. The fraction of sp³-hybridized carbons (Fsp3) is 0.125. The molecule has 0 aliphatic carbocycles. The lowest BCUT2D eigenvalue weighted by molar-refractivity contribution is -0.383. The van der Waals surface area contributed by atoms with Crippen LogP contribution in [0.25, 0.3) is 11.0 Å². The molecule has 0 spiro atoms. The van der Waals surface area contributed by atoms with Gasteiger partial charge in [-0.1, -0.05) is 6.07 Å². The molecule has 0 unspecified atom stereocenters. The van der Waals surface area contributed by atoms with Crippen LogP contribution in [0.15, 0.2) is 18.2 Å². The maximum absolute atomic E-state index is 10.6. The Bertz CT molecular complexity index is 491. The molecule has 0 aliphatic heterocycles. The van der Waals surface area contributed by atoms with Crippen molar-refractivity contribution in [1.29, 1.82) is 0 Å². The highest BCUT2D eigenvalue weighted by molar-refractivity contribution is 5.86. The summed E-state index contributed by atoms with van der Waals surface area (Å²) in [4.78, 5) is 17.2. The number of hydrogen-bond donors (Lipinski definition) is 2. The van der Waals surface area contributed by atoms with Crippen molar-refractivity contribution in [2.45, 2.75) is 0 Å². The Morgan fingerprint density at radius 2 is 2.36 bits per heavy atom. The van der Waals surface area contributed by atoms with Gasteiger partial charge in [0.25, 0.3) is 5.69 Å². The first-order valence-corrected chi connectivity index (χ1v) is 4.03. The summed E-state index contributed by atoms with van der Waals surface area (Å²) in [5.74, 6) is 0.523.